The van der Waals surface area contributed by atoms with Crippen LogP contribution in [0.25, 0.3) is 0 Å². The fourth-order valence-corrected chi connectivity index (χ4v) is 1.97. The van der Waals surface area contributed by atoms with Gasteiger partial charge < -0.3 is 0 Å². The molecule has 0 spiro atoms. The molecule has 2 heteroatoms. The van der Waals surface area contributed by atoms with Crippen LogP contribution < -0.4 is 0 Å². The minimum atomic E-state index is 0.139. The summed E-state index contributed by atoms with van der Waals surface area (Å²) in [6.45, 7) is 4.09. The number of hydrogen-bond acceptors (Lipinski definition) is 2. The maximum Gasteiger partial charge on any atom is 0.189 e. The van der Waals surface area contributed by atoms with Crippen LogP contribution in [0.4, 0.5) is 0 Å². The second-order valence-corrected chi connectivity index (χ2v) is 4.37. The van der Waals surface area contributed by atoms with Gasteiger partial charge >= 0.3 is 0 Å². The molecule has 1 aromatic rings. The SMILES string of the molecule is CS/C=C(/C(=O)c1ccccc1)C(C)C. The monoisotopic (exact) mass is 220 g/mol. The van der Waals surface area contributed by atoms with E-state index in [4.69, 9.17) is 0 Å². The normalized spacial score (nSPS) is 11.9. The van der Waals surface area contributed by atoms with Gasteiger partial charge in [0.2, 0.25) is 0 Å². The molecule has 0 atom stereocenters. The van der Waals surface area contributed by atoms with E-state index in [1.165, 1.54) is 0 Å². The van der Waals surface area contributed by atoms with Crippen molar-refractivity contribution in [1.82, 2.24) is 0 Å². The summed E-state index contributed by atoms with van der Waals surface area (Å²) in [6.07, 6.45) is 1.97. The Labute approximate surface area is 95.6 Å². The fraction of sp³-hybridized carbons (Fsp3) is 0.308. The van der Waals surface area contributed by atoms with Gasteiger partial charge in [-0.25, -0.2) is 0 Å². The Hall–Kier alpha value is -1.02. The second kappa shape index (κ2) is 5.76. The zero-order valence-corrected chi connectivity index (χ0v) is 10.2. The van der Waals surface area contributed by atoms with E-state index in [0.29, 0.717) is 0 Å². The summed E-state index contributed by atoms with van der Waals surface area (Å²) in [4.78, 5) is 12.1. The second-order valence-electron chi connectivity index (χ2n) is 3.66. The summed E-state index contributed by atoms with van der Waals surface area (Å²) in [5.74, 6) is 0.408. The van der Waals surface area contributed by atoms with Gasteiger partial charge in [-0.05, 0) is 17.6 Å². The highest BCUT2D eigenvalue weighted by Gasteiger charge is 2.14. The van der Waals surface area contributed by atoms with Crippen molar-refractivity contribution >= 4 is 17.5 Å². The van der Waals surface area contributed by atoms with Crippen molar-refractivity contribution in [3.63, 3.8) is 0 Å². The summed E-state index contributed by atoms with van der Waals surface area (Å²) >= 11 is 1.58. The van der Waals surface area contributed by atoms with E-state index in [1.54, 1.807) is 11.8 Å². The molecule has 0 saturated heterocycles. The third-order valence-corrected chi connectivity index (χ3v) is 2.65. The van der Waals surface area contributed by atoms with E-state index in [9.17, 15) is 4.79 Å². The van der Waals surface area contributed by atoms with E-state index >= 15 is 0 Å². The molecule has 80 valence electrons. The summed E-state index contributed by atoms with van der Waals surface area (Å²) in [6, 6.07) is 9.43. The van der Waals surface area contributed by atoms with Crippen LogP contribution in [0.2, 0.25) is 0 Å². The number of Topliss-reactive ketones (excluding diaryl/α,β-unsaturated/α-hetero) is 1. The lowest BCUT2D eigenvalue weighted by Crippen LogP contribution is -2.08. The van der Waals surface area contributed by atoms with E-state index in [2.05, 4.69) is 0 Å². The molecule has 1 aromatic carbocycles. The summed E-state index contributed by atoms with van der Waals surface area (Å²) in [5.41, 5.74) is 1.65. The van der Waals surface area contributed by atoms with Crippen LogP contribution in [0.5, 0.6) is 0 Å². The number of hydrogen-bond donors (Lipinski definition) is 0. The number of ketones is 1. The van der Waals surface area contributed by atoms with Gasteiger partial charge in [0.15, 0.2) is 5.78 Å². The van der Waals surface area contributed by atoms with Gasteiger partial charge in [-0.15, -0.1) is 11.8 Å². The van der Waals surface area contributed by atoms with Gasteiger partial charge in [-0.2, -0.15) is 0 Å². The molecule has 0 amide bonds. The van der Waals surface area contributed by atoms with Crippen LogP contribution in [0, 0.1) is 5.92 Å². The molecule has 1 nitrogen and oxygen atoms in total. The van der Waals surface area contributed by atoms with Gasteiger partial charge in [-0.3, -0.25) is 4.79 Å². The third kappa shape index (κ3) is 3.24. The first-order valence-corrected chi connectivity index (χ1v) is 6.28. The molecule has 0 aliphatic rings. The first-order chi connectivity index (χ1) is 7.16. The van der Waals surface area contributed by atoms with Crippen LogP contribution in [0.15, 0.2) is 41.3 Å². The summed E-state index contributed by atoms with van der Waals surface area (Å²) in [5, 5.41) is 1.94. The molecule has 0 unspecified atom stereocenters. The standard InChI is InChI=1S/C13H16OS/c1-10(2)12(9-15-3)13(14)11-7-5-4-6-8-11/h4-10H,1-3H3/b12-9+. The first-order valence-electron chi connectivity index (χ1n) is 4.99. The minimum Gasteiger partial charge on any atom is -0.289 e. The Morgan fingerprint density at radius 1 is 1.27 bits per heavy atom. The van der Waals surface area contributed by atoms with E-state index in [-0.39, 0.29) is 11.7 Å². The molecule has 0 saturated carbocycles. The van der Waals surface area contributed by atoms with E-state index in [0.717, 1.165) is 11.1 Å². The van der Waals surface area contributed by atoms with Crippen molar-refractivity contribution in [2.75, 3.05) is 6.26 Å². The van der Waals surface area contributed by atoms with Crippen molar-refractivity contribution in [2.24, 2.45) is 5.92 Å². The number of allylic oxidation sites excluding steroid dienone is 1. The van der Waals surface area contributed by atoms with Gasteiger partial charge in [0.05, 0.1) is 0 Å². The predicted octanol–water partition coefficient (Wildman–Crippen LogP) is 3.77. The number of benzene rings is 1. The summed E-state index contributed by atoms with van der Waals surface area (Å²) < 4.78 is 0. The van der Waals surface area contributed by atoms with Crippen LogP contribution >= 0.6 is 11.8 Å². The Morgan fingerprint density at radius 3 is 2.33 bits per heavy atom. The molecule has 0 aromatic heterocycles. The molecule has 0 radical (unpaired) electrons. The summed E-state index contributed by atoms with van der Waals surface area (Å²) in [7, 11) is 0. The fourth-order valence-electron chi connectivity index (χ4n) is 1.33. The molecule has 0 fully saturated rings. The predicted molar refractivity (Wildman–Crippen MR) is 67.2 cm³/mol. The minimum absolute atomic E-state index is 0.139. The maximum atomic E-state index is 12.1. The highest BCUT2D eigenvalue weighted by Crippen LogP contribution is 2.19. The first kappa shape index (κ1) is 12.1. The lowest BCUT2D eigenvalue weighted by atomic mass is 9.96. The number of rotatable bonds is 4. The maximum absolute atomic E-state index is 12.1. The van der Waals surface area contributed by atoms with Crippen LogP contribution in [-0.2, 0) is 0 Å². The van der Waals surface area contributed by atoms with Gasteiger partial charge in [0.1, 0.15) is 0 Å². The van der Waals surface area contributed by atoms with E-state index in [1.807, 2.05) is 55.8 Å². The smallest absolute Gasteiger partial charge is 0.189 e. The molecular formula is C13H16OS. The van der Waals surface area contributed by atoms with Crippen LogP contribution in [0.1, 0.15) is 24.2 Å². The highest BCUT2D eigenvalue weighted by molar-refractivity contribution is 8.01. The Kier molecular flexibility index (Phi) is 4.63. The lowest BCUT2D eigenvalue weighted by molar-refractivity contribution is 0.102. The lowest BCUT2D eigenvalue weighted by Gasteiger charge is -2.09. The Morgan fingerprint density at radius 2 is 1.87 bits per heavy atom. The van der Waals surface area contributed by atoms with Crippen molar-refractivity contribution in [2.45, 2.75) is 13.8 Å². The van der Waals surface area contributed by atoms with Crippen molar-refractivity contribution < 1.29 is 4.79 Å². The molecule has 0 aliphatic carbocycles. The van der Waals surface area contributed by atoms with Crippen molar-refractivity contribution in [3.05, 3.63) is 46.9 Å². The average Bonchev–Trinajstić information content (AvgIpc) is 2.26. The average molecular weight is 220 g/mol. The van der Waals surface area contributed by atoms with Crippen molar-refractivity contribution in [3.8, 4) is 0 Å². The van der Waals surface area contributed by atoms with E-state index < -0.39 is 0 Å². The zero-order chi connectivity index (χ0) is 11.3. The molecule has 0 aliphatic heterocycles. The van der Waals surface area contributed by atoms with Gasteiger partial charge in [0.25, 0.3) is 0 Å². The Balaban J connectivity index is 2.97. The number of carbonyl (C=O) groups is 1. The van der Waals surface area contributed by atoms with Gasteiger partial charge in [0, 0.05) is 11.1 Å². The zero-order valence-electron chi connectivity index (χ0n) is 9.36. The molecule has 15 heavy (non-hydrogen) atoms. The molecule has 1 rings (SSSR count). The molecule has 0 heterocycles. The van der Waals surface area contributed by atoms with Crippen LogP contribution in [-0.4, -0.2) is 12.0 Å². The number of thioether (sulfide) groups is 1. The molecule has 0 N–H and O–H groups in total. The van der Waals surface area contributed by atoms with Crippen molar-refractivity contribution in [1.29, 1.82) is 0 Å². The Bertz CT molecular complexity index is 352. The quantitative estimate of drug-likeness (QED) is 0.567. The highest BCUT2D eigenvalue weighted by atomic mass is 32.2. The van der Waals surface area contributed by atoms with Crippen LogP contribution in [0.3, 0.4) is 0 Å². The third-order valence-electron chi connectivity index (χ3n) is 2.16. The van der Waals surface area contributed by atoms with Gasteiger partial charge in [-0.1, -0.05) is 44.2 Å². The molecular weight excluding hydrogens is 204 g/mol. The number of carbonyl (C=O) groups excluding carboxylic acids is 1. The molecule has 0 bridgehead atoms. The largest absolute Gasteiger partial charge is 0.289 e. The topological polar surface area (TPSA) is 17.1 Å².